The molecule has 1 unspecified atom stereocenters. The maximum Gasteiger partial charge on any atom is 0.420 e. The fourth-order valence-electron chi connectivity index (χ4n) is 5.57. The van der Waals surface area contributed by atoms with Crippen molar-refractivity contribution >= 4 is 27.6 Å². The number of alkyl halides is 3. The first-order valence-corrected chi connectivity index (χ1v) is 15.5. The molecule has 3 aromatic rings. The lowest BCUT2D eigenvalue weighted by Crippen LogP contribution is -2.42. The van der Waals surface area contributed by atoms with Crippen LogP contribution in [0.15, 0.2) is 36.9 Å². The average Bonchev–Trinajstić information content (AvgIpc) is 3.34. The summed E-state index contributed by atoms with van der Waals surface area (Å²) in [4.78, 5) is 14.6. The molecule has 1 N–H and O–H groups in total. The molecule has 0 aliphatic carbocycles. The van der Waals surface area contributed by atoms with Crippen LogP contribution in [0.2, 0.25) is 5.02 Å². The molecule has 220 valence electrons. The van der Waals surface area contributed by atoms with Crippen LogP contribution in [0, 0.1) is 0 Å². The number of nitrogens with one attached hydrogen (secondary N) is 1. The van der Waals surface area contributed by atoms with Crippen molar-refractivity contribution in [3.05, 3.63) is 53.1 Å². The zero-order valence-corrected chi connectivity index (χ0v) is 23.8. The summed E-state index contributed by atoms with van der Waals surface area (Å²) in [5.74, 6) is 0.0158. The second-order valence-electron chi connectivity index (χ2n) is 10.7. The highest BCUT2D eigenvalue weighted by Gasteiger charge is 2.52. The van der Waals surface area contributed by atoms with Gasteiger partial charge in [-0.25, -0.2) is 27.7 Å². The van der Waals surface area contributed by atoms with Gasteiger partial charge >= 0.3 is 6.18 Å². The Morgan fingerprint density at radius 2 is 1.95 bits per heavy atom. The van der Waals surface area contributed by atoms with E-state index in [1.807, 2.05) is 18.2 Å². The van der Waals surface area contributed by atoms with Gasteiger partial charge in [0, 0.05) is 44.6 Å². The summed E-state index contributed by atoms with van der Waals surface area (Å²) in [6, 6.07) is 5.43. The van der Waals surface area contributed by atoms with Gasteiger partial charge in [-0.15, -0.1) is 0 Å². The van der Waals surface area contributed by atoms with Crippen LogP contribution in [-0.4, -0.2) is 81.4 Å². The lowest BCUT2D eigenvalue weighted by Gasteiger charge is -2.30. The minimum Gasteiger partial charge on any atom is -0.353 e. The number of likely N-dealkylation sites (tertiary alicyclic amines) is 1. The Hall–Kier alpha value is -2.78. The van der Waals surface area contributed by atoms with Crippen LogP contribution < -0.4 is 5.32 Å². The van der Waals surface area contributed by atoms with E-state index in [2.05, 4.69) is 25.2 Å². The number of hydrogen-bond donors (Lipinski definition) is 1. The van der Waals surface area contributed by atoms with Crippen LogP contribution in [-0.2, 0) is 27.5 Å². The van der Waals surface area contributed by atoms with E-state index >= 15 is 0 Å². The van der Waals surface area contributed by atoms with Gasteiger partial charge in [0.05, 0.1) is 23.6 Å². The van der Waals surface area contributed by atoms with Crippen LogP contribution in [0.4, 0.5) is 19.1 Å². The van der Waals surface area contributed by atoms with E-state index < -0.39 is 21.8 Å². The molecule has 10 nitrogen and oxygen atoms in total. The number of aromatic nitrogens is 4. The molecule has 5 heterocycles. The van der Waals surface area contributed by atoms with E-state index in [0.29, 0.717) is 43.2 Å². The number of sulfonamides is 1. The van der Waals surface area contributed by atoms with Gasteiger partial charge in [0.2, 0.25) is 16.0 Å². The quantitative estimate of drug-likeness (QED) is 0.397. The first-order chi connectivity index (χ1) is 19.4. The molecule has 0 radical (unpaired) electrons. The van der Waals surface area contributed by atoms with Crippen molar-refractivity contribution in [2.24, 2.45) is 0 Å². The number of imidazole rings is 1. The van der Waals surface area contributed by atoms with Crippen molar-refractivity contribution < 1.29 is 26.3 Å². The van der Waals surface area contributed by atoms with Gasteiger partial charge in [-0.2, -0.15) is 13.2 Å². The Morgan fingerprint density at radius 1 is 1.20 bits per heavy atom. The first-order valence-electron chi connectivity index (χ1n) is 13.3. The van der Waals surface area contributed by atoms with E-state index in [4.69, 9.17) is 16.3 Å². The molecule has 6 rings (SSSR count). The van der Waals surface area contributed by atoms with Crippen molar-refractivity contribution in [3.8, 4) is 17.1 Å². The fraction of sp³-hybridized carbons (Fsp3) is 0.500. The van der Waals surface area contributed by atoms with Crippen molar-refractivity contribution in [1.29, 1.82) is 0 Å². The Bertz CT molecular complexity index is 1550. The standard InChI is InChI=1S/C26H29ClF3N7O3S/c1-41(38,39)37-9-5-18(6-10-37)33-24-31-12-19(26(28,29)30)23(34-24)21-14-35(16-32-21)22-4-3-17(11-20(22)27)13-36-8-2-7-25(36)15-40-25/h3-4,11-12,14,16,18H,2,5-10,13,15H2,1H3,(H,31,33,34). The molecule has 1 aromatic carbocycles. The Labute approximate surface area is 240 Å². The second kappa shape index (κ2) is 10.5. The molecular formula is C26H29ClF3N7O3S. The summed E-state index contributed by atoms with van der Waals surface area (Å²) in [7, 11) is -3.30. The molecule has 3 aliphatic rings. The third-order valence-corrected chi connectivity index (χ3v) is 9.49. The van der Waals surface area contributed by atoms with E-state index in [1.54, 1.807) is 4.57 Å². The molecule has 0 saturated carbocycles. The summed E-state index contributed by atoms with van der Waals surface area (Å²) >= 11 is 6.61. The maximum atomic E-state index is 13.9. The first kappa shape index (κ1) is 28.3. The smallest absolute Gasteiger partial charge is 0.353 e. The maximum absolute atomic E-state index is 13.9. The van der Waals surface area contributed by atoms with Crippen molar-refractivity contribution in [2.45, 2.75) is 50.2 Å². The number of benzene rings is 1. The molecule has 1 spiro atoms. The van der Waals surface area contributed by atoms with Crippen molar-refractivity contribution in [1.82, 2.24) is 28.7 Å². The highest BCUT2D eigenvalue weighted by atomic mass is 35.5. The number of hydrogen-bond acceptors (Lipinski definition) is 8. The van der Waals surface area contributed by atoms with Crippen molar-refractivity contribution in [3.63, 3.8) is 0 Å². The SMILES string of the molecule is CS(=O)(=O)N1CCC(Nc2ncc(C(F)(F)F)c(-c3cn(-c4ccc(CN5CCCC56CO6)cc4Cl)cn3)n2)CC1. The molecule has 1 atom stereocenters. The van der Waals surface area contributed by atoms with Gasteiger partial charge in [0.15, 0.2) is 0 Å². The Balaban J connectivity index is 1.22. The number of ether oxygens (including phenoxy) is 1. The summed E-state index contributed by atoms with van der Waals surface area (Å²) in [6.07, 6.45) is 3.12. The van der Waals surface area contributed by atoms with E-state index in [-0.39, 0.29) is 29.1 Å². The van der Waals surface area contributed by atoms with Crippen LogP contribution in [0.3, 0.4) is 0 Å². The zero-order valence-electron chi connectivity index (χ0n) is 22.2. The number of nitrogens with zero attached hydrogens (tertiary/aromatic N) is 6. The molecule has 3 aliphatic heterocycles. The lowest BCUT2D eigenvalue weighted by molar-refractivity contribution is -0.137. The summed E-state index contributed by atoms with van der Waals surface area (Å²) in [5, 5.41) is 3.50. The third-order valence-electron chi connectivity index (χ3n) is 7.89. The molecular weight excluding hydrogens is 583 g/mol. The normalized spacial score (nSPS) is 22.5. The molecule has 2 aromatic heterocycles. The highest BCUT2D eigenvalue weighted by Crippen LogP contribution is 2.42. The lowest BCUT2D eigenvalue weighted by atomic mass is 10.1. The van der Waals surface area contributed by atoms with Crippen LogP contribution >= 0.6 is 11.6 Å². The summed E-state index contributed by atoms with van der Waals surface area (Å²) in [6.45, 7) is 3.02. The van der Waals surface area contributed by atoms with Gasteiger partial charge in [-0.3, -0.25) is 4.90 Å². The zero-order chi connectivity index (χ0) is 29.0. The number of piperidine rings is 1. The Kier molecular flexibility index (Phi) is 7.25. The predicted molar refractivity (Wildman–Crippen MR) is 146 cm³/mol. The monoisotopic (exact) mass is 611 g/mol. The second-order valence-corrected chi connectivity index (χ2v) is 13.1. The summed E-state index contributed by atoms with van der Waals surface area (Å²) in [5.41, 5.74) is 0.108. The topological polar surface area (TPSA) is 109 Å². The predicted octanol–water partition coefficient (Wildman–Crippen LogP) is 4.16. The molecule has 15 heteroatoms. The minimum atomic E-state index is -4.70. The summed E-state index contributed by atoms with van der Waals surface area (Å²) < 4.78 is 73.9. The average molecular weight is 612 g/mol. The molecule has 0 amide bonds. The molecule has 3 fully saturated rings. The minimum absolute atomic E-state index is 0.0136. The van der Waals surface area contributed by atoms with E-state index in [1.165, 1.54) is 16.8 Å². The van der Waals surface area contributed by atoms with Crippen LogP contribution in [0.1, 0.15) is 36.8 Å². The number of anilines is 1. The van der Waals surface area contributed by atoms with Gasteiger partial charge < -0.3 is 14.6 Å². The van der Waals surface area contributed by atoms with Crippen LogP contribution in [0.25, 0.3) is 17.1 Å². The molecule has 0 bridgehead atoms. The largest absolute Gasteiger partial charge is 0.420 e. The Morgan fingerprint density at radius 3 is 2.61 bits per heavy atom. The third kappa shape index (κ3) is 5.93. The number of rotatable bonds is 7. The number of halogens is 4. The van der Waals surface area contributed by atoms with E-state index in [9.17, 15) is 21.6 Å². The van der Waals surface area contributed by atoms with Gasteiger partial charge in [0.25, 0.3) is 0 Å². The highest BCUT2D eigenvalue weighted by molar-refractivity contribution is 7.88. The fourth-order valence-corrected chi connectivity index (χ4v) is 6.74. The van der Waals surface area contributed by atoms with Gasteiger partial charge in [-0.1, -0.05) is 17.7 Å². The van der Waals surface area contributed by atoms with Gasteiger partial charge in [0.1, 0.15) is 29.0 Å². The number of epoxide rings is 1. The molecule has 3 saturated heterocycles. The van der Waals surface area contributed by atoms with Gasteiger partial charge in [-0.05, 0) is 43.4 Å². The van der Waals surface area contributed by atoms with E-state index in [0.717, 1.165) is 44.0 Å². The van der Waals surface area contributed by atoms with Crippen molar-refractivity contribution in [2.75, 3.05) is 37.8 Å². The molecule has 41 heavy (non-hydrogen) atoms. The van der Waals surface area contributed by atoms with Crippen LogP contribution in [0.5, 0.6) is 0 Å².